The molecule has 86 valence electrons. The van der Waals surface area contributed by atoms with E-state index in [2.05, 4.69) is 0 Å². The quantitative estimate of drug-likeness (QED) is 0.662. The molecule has 3 heteroatoms. The van der Waals surface area contributed by atoms with Crippen molar-refractivity contribution >= 4 is 5.97 Å². The maximum atomic E-state index is 11.3. The minimum atomic E-state index is -0.585. The van der Waals surface area contributed by atoms with E-state index in [0.717, 1.165) is 50.4 Å². The highest BCUT2D eigenvalue weighted by atomic mass is 16.4. The van der Waals surface area contributed by atoms with Crippen LogP contribution >= 0.6 is 0 Å². The predicted octanol–water partition coefficient (Wildman–Crippen LogP) is 2.04. The van der Waals surface area contributed by atoms with Crippen LogP contribution in [0.4, 0.5) is 0 Å². The first-order chi connectivity index (χ1) is 7.18. The van der Waals surface area contributed by atoms with Crippen molar-refractivity contribution in [2.24, 2.45) is 17.3 Å². The van der Waals surface area contributed by atoms with Gasteiger partial charge in [-0.05, 0) is 43.9 Å². The Morgan fingerprint density at radius 3 is 2.40 bits per heavy atom. The molecule has 2 N–H and O–H groups in total. The number of unbranched alkanes of at least 4 members (excludes halogenated alkanes) is 2. The number of fused-ring (bicyclic) bond motifs is 1. The minimum absolute atomic E-state index is 0.228. The van der Waals surface area contributed by atoms with Gasteiger partial charge >= 0.3 is 5.97 Å². The van der Waals surface area contributed by atoms with Crippen molar-refractivity contribution in [3.8, 4) is 0 Å². The maximum Gasteiger partial charge on any atom is 0.309 e. The maximum absolute atomic E-state index is 11.3. The van der Waals surface area contributed by atoms with Crippen molar-refractivity contribution in [2.75, 3.05) is 6.61 Å². The Labute approximate surface area is 90.5 Å². The van der Waals surface area contributed by atoms with Crippen LogP contribution in [0.3, 0.4) is 0 Å². The van der Waals surface area contributed by atoms with Crippen LogP contribution in [0.2, 0.25) is 0 Å². The minimum Gasteiger partial charge on any atom is -0.481 e. The first kappa shape index (κ1) is 10.9. The number of aliphatic carboxylic acids is 1. The van der Waals surface area contributed by atoms with E-state index in [1.807, 2.05) is 0 Å². The summed E-state index contributed by atoms with van der Waals surface area (Å²) in [5.41, 5.74) is -0.400. The van der Waals surface area contributed by atoms with E-state index in [9.17, 15) is 9.90 Å². The van der Waals surface area contributed by atoms with E-state index in [0.29, 0.717) is 0 Å². The second-order valence-corrected chi connectivity index (χ2v) is 5.28. The topological polar surface area (TPSA) is 57.5 Å². The molecule has 2 aliphatic rings. The monoisotopic (exact) mass is 212 g/mol. The molecule has 2 saturated carbocycles. The fourth-order valence-corrected chi connectivity index (χ4v) is 3.14. The van der Waals surface area contributed by atoms with Gasteiger partial charge in [-0.25, -0.2) is 0 Å². The Morgan fingerprint density at radius 1 is 1.20 bits per heavy atom. The van der Waals surface area contributed by atoms with E-state index in [1.165, 1.54) is 6.42 Å². The van der Waals surface area contributed by atoms with E-state index in [4.69, 9.17) is 5.11 Å². The third-order valence-corrected chi connectivity index (χ3v) is 4.14. The van der Waals surface area contributed by atoms with Gasteiger partial charge in [-0.3, -0.25) is 4.79 Å². The third-order valence-electron chi connectivity index (χ3n) is 4.14. The molecule has 3 nitrogen and oxygen atoms in total. The second kappa shape index (κ2) is 4.12. The summed E-state index contributed by atoms with van der Waals surface area (Å²) in [7, 11) is 0. The number of carboxylic acids is 1. The van der Waals surface area contributed by atoms with Crippen LogP contribution in [-0.2, 0) is 4.79 Å². The van der Waals surface area contributed by atoms with Crippen LogP contribution in [0.1, 0.15) is 44.9 Å². The zero-order valence-electron chi connectivity index (χ0n) is 9.11. The first-order valence-corrected chi connectivity index (χ1v) is 6.02. The third kappa shape index (κ3) is 2.17. The van der Waals surface area contributed by atoms with E-state index in [1.54, 1.807) is 0 Å². The highest BCUT2D eigenvalue weighted by molar-refractivity contribution is 5.75. The van der Waals surface area contributed by atoms with Crippen LogP contribution < -0.4 is 0 Å². The van der Waals surface area contributed by atoms with Gasteiger partial charge in [0.1, 0.15) is 0 Å². The lowest BCUT2D eigenvalue weighted by Crippen LogP contribution is -2.29. The molecule has 2 unspecified atom stereocenters. The normalized spacial score (nSPS) is 37.7. The average Bonchev–Trinajstić information content (AvgIpc) is 2.82. The lowest BCUT2D eigenvalue weighted by molar-refractivity contribution is -0.149. The van der Waals surface area contributed by atoms with Crippen molar-refractivity contribution in [3.05, 3.63) is 0 Å². The highest BCUT2D eigenvalue weighted by Gasteiger charge is 2.56. The molecule has 2 atom stereocenters. The van der Waals surface area contributed by atoms with Crippen LogP contribution in [0.15, 0.2) is 0 Å². The number of rotatable bonds is 6. The van der Waals surface area contributed by atoms with Gasteiger partial charge in [-0.2, -0.15) is 0 Å². The summed E-state index contributed by atoms with van der Waals surface area (Å²) < 4.78 is 0. The lowest BCUT2D eigenvalue weighted by atomic mass is 9.78. The number of hydrogen-bond donors (Lipinski definition) is 2. The first-order valence-electron chi connectivity index (χ1n) is 6.02. The molecular formula is C12H20O3. The standard InChI is InChI=1S/C12H20O3/c13-5-3-1-2-4-12(11(14)15)7-9-6-10(9)8-12/h9-10,13H,1-8H2,(H,14,15). The number of carbonyl (C=O) groups is 1. The van der Waals surface area contributed by atoms with Gasteiger partial charge in [0.2, 0.25) is 0 Å². The van der Waals surface area contributed by atoms with Crippen LogP contribution in [0.25, 0.3) is 0 Å². The van der Waals surface area contributed by atoms with Crippen LogP contribution in [0.5, 0.6) is 0 Å². The van der Waals surface area contributed by atoms with Gasteiger partial charge in [0.05, 0.1) is 5.41 Å². The summed E-state index contributed by atoms with van der Waals surface area (Å²) >= 11 is 0. The summed E-state index contributed by atoms with van der Waals surface area (Å²) in [5.74, 6) is 0.858. The molecule has 15 heavy (non-hydrogen) atoms. The smallest absolute Gasteiger partial charge is 0.309 e. The molecule has 2 fully saturated rings. The Kier molecular flexibility index (Phi) is 3.01. The fourth-order valence-electron chi connectivity index (χ4n) is 3.14. The molecule has 0 aromatic heterocycles. The molecule has 2 rings (SSSR count). The summed E-state index contributed by atoms with van der Waals surface area (Å²) in [6, 6.07) is 0. The Morgan fingerprint density at radius 2 is 1.87 bits per heavy atom. The van der Waals surface area contributed by atoms with Gasteiger partial charge in [-0.15, -0.1) is 0 Å². The largest absolute Gasteiger partial charge is 0.481 e. The van der Waals surface area contributed by atoms with Gasteiger partial charge in [0, 0.05) is 6.61 Å². The van der Waals surface area contributed by atoms with E-state index >= 15 is 0 Å². The van der Waals surface area contributed by atoms with E-state index < -0.39 is 11.4 Å². The summed E-state index contributed by atoms with van der Waals surface area (Å²) in [6.07, 6.45) is 6.62. The number of carboxylic acid groups (broad SMARTS) is 1. The van der Waals surface area contributed by atoms with Gasteiger partial charge in [0.25, 0.3) is 0 Å². The molecule has 0 amide bonds. The molecular weight excluding hydrogens is 192 g/mol. The van der Waals surface area contributed by atoms with Crippen molar-refractivity contribution in [1.29, 1.82) is 0 Å². The summed E-state index contributed by atoms with van der Waals surface area (Å²) in [5, 5.41) is 18.0. The van der Waals surface area contributed by atoms with Gasteiger partial charge in [-0.1, -0.05) is 12.8 Å². The van der Waals surface area contributed by atoms with Crippen molar-refractivity contribution in [1.82, 2.24) is 0 Å². The average molecular weight is 212 g/mol. The zero-order valence-corrected chi connectivity index (χ0v) is 9.11. The number of aliphatic hydroxyl groups is 1. The van der Waals surface area contributed by atoms with E-state index in [-0.39, 0.29) is 6.61 Å². The molecule has 0 saturated heterocycles. The van der Waals surface area contributed by atoms with Gasteiger partial charge < -0.3 is 10.2 Å². The van der Waals surface area contributed by atoms with Crippen molar-refractivity contribution in [3.63, 3.8) is 0 Å². The second-order valence-electron chi connectivity index (χ2n) is 5.28. The predicted molar refractivity (Wildman–Crippen MR) is 56.5 cm³/mol. The fraction of sp³-hybridized carbons (Fsp3) is 0.917. The number of aliphatic hydroxyl groups excluding tert-OH is 1. The number of hydrogen-bond acceptors (Lipinski definition) is 2. The molecule has 0 aliphatic heterocycles. The van der Waals surface area contributed by atoms with Crippen LogP contribution in [0, 0.1) is 17.3 Å². The molecule has 0 aromatic carbocycles. The highest BCUT2D eigenvalue weighted by Crippen LogP contribution is 2.61. The van der Waals surface area contributed by atoms with Crippen molar-refractivity contribution in [2.45, 2.75) is 44.9 Å². The molecule has 0 bridgehead atoms. The Bertz CT molecular complexity index is 239. The molecule has 0 spiro atoms. The zero-order chi connectivity index (χ0) is 10.9. The Balaban J connectivity index is 1.82. The van der Waals surface area contributed by atoms with Gasteiger partial charge in [0.15, 0.2) is 0 Å². The molecule has 0 radical (unpaired) electrons. The van der Waals surface area contributed by atoms with Crippen LogP contribution in [-0.4, -0.2) is 22.8 Å². The molecule has 2 aliphatic carbocycles. The summed E-state index contributed by atoms with van der Waals surface area (Å²) in [4.78, 5) is 11.3. The summed E-state index contributed by atoms with van der Waals surface area (Å²) in [6.45, 7) is 0.228. The molecule has 0 aromatic rings. The lowest BCUT2D eigenvalue weighted by Gasteiger charge is -2.25. The Hall–Kier alpha value is -0.570. The van der Waals surface area contributed by atoms with Crippen molar-refractivity contribution < 1.29 is 15.0 Å². The molecule has 0 heterocycles. The SMILES string of the molecule is O=C(O)C1(CCCCCO)CC2CC2C1.